The molecule has 1 saturated heterocycles. The molecule has 15 heavy (non-hydrogen) atoms. The molecule has 1 atom stereocenters. The summed E-state index contributed by atoms with van der Waals surface area (Å²) in [5, 5.41) is 2.26. The molecule has 0 aliphatic carbocycles. The molecular weight excluding hydrogens is 196 g/mol. The van der Waals surface area contributed by atoms with Crippen LogP contribution in [0.1, 0.15) is 18.7 Å². The first kappa shape index (κ1) is 9.92. The lowest BCUT2D eigenvalue weighted by atomic mass is 10.2. The van der Waals surface area contributed by atoms with Gasteiger partial charge in [0.05, 0.1) is 25.4 Å². The summed E-state index contributed by atoms with van der Waals surface area (Å²) >= 11 is 0. The number of nitrogens with one attached hydrogen (secondary N) is 1. The second-order valence-electron chi connectivity index (χ2n) is 3.57. The number of furan rings is 1. The van der Waals surface area contributed by atoms with E-state index in [4.69, 9.17) is 4.42 Å². The normalized spacial score (nSPS) is 20.1. The molecule has 5 heteroatoms. The Morgan fingerprint density at radius 2 is 2.07 bits per heavy atom. The summed E-state index contributed by atoms with van der Waals surface area (Å²) in [4.78, 5) is 24.1. The van der Waals surface area contributed by atoms with Gasteiger partial charge in [0.1, 0.15) is 5.76 Å². The van der Waals surface area contributed by atoms with Crippen LogP contribution in [-0.4, -0.2) is 29.8 Å². The van der Waals surface area contributed by atoms with Gasteiger partial charge in [-0.05, 0) is 19.1 Å². The molecule has 1 fully saturated rings. The predicted octanol–water partition coefficient (Wildman–Crippen LogP) is 0.299. The maximum Gasteiger partial charge on any atom is 0.240 e. The number of rotatable bonds is 2. The maximum absolute atomic E-state index is 11.2. The third kappa shape index (κ3) is 2.07. The summed E-state index contributed by atoms with van der Waals surface area (Å²) in [5.41, 5.74) is 0. The molecule has 2 rings (SSSR count). The maximum atomic E-state index is 11.2. The summed E-state index contributed by atoms with van der Waals surface area (Å²) in [7, 11) is 0. The van der Waals surface area contributed by atoms with Crippen molar-refractivity contribution in [3.05, 3.63) is 24.2 Å². The van der Waals surface area contributed by atoms with E-state index in [2.05, 4.69) is 5.32 Å². The van der Waals surface area contributed by atoms with Gasteiger partial charge in [-0.15, -0.1) is 0 Å². The standard InChI is InChI=1S/C10H12N2O3/c1-7(8-3-2-4-15-8)12-5-9(13)11-10(14)6-12/h2-4,7H,5-6H2,1H3,(H,11,13,14). The third-order valence-electron chi connectivity index (χ3n) is 2.47. The highest BCUT2D eigenvalue weighted by Gasteiger charge is 2.27. The van der Waals surface area contributed by atoms with Gasteiger partial charge in [0.25, 0.3) is 0 Å². The monoisotopic (exact) mass is 208 g/mol. The lowest BCUT2D eigenvalue weighted by molar-refractivity contribution is -0.137. The SMILES string of the molecule is CC(c1ccco1)N1CC(=O)NC(=O)C1. The van der Waals surface area contributed by atoms with Crippen LogP contribution in [-0.2, 0) is 9.59 Å². The number of amides is 2. The van der Waals surface area contributed by atoms with Crippen LogP contribution in [0.4, 0.5) is 0 Å². The molecule has 80 valence electrons. The van der Waals surface area contributed by atoms with Crippen molar-refractivity contribution in [2.75, 3.05) is 13.1 Å². The minimum atomic E-state index is -0.260. The van der Waals surface area contributed by atoms with Crippen LogP contribution in [0.15, 0.2) is 22.8 Å². The molecule has 1 aromatic rings. The van der Waals surface area contributed by atoms with E-state index in [1.54, 1.807) is 17.2 Å². The predicted molar refractivity (Wildman–Crippen MR) is 51.8 cm³/mol. The van der Waals surface area contributed by atoms with Crippen LogP contribution in [0.3, 0.4) is 0 Å². The van der Waals surface area contributed by atoms with Crippen LogP contribution in [0.2, 0.25) is 0 Å². The van der Waals surface area contributed by atoms with Crippen LogP contribution in [0.25, 0.3) is 0 Å². The number of hydrogen-bond acceptors (Lipinski definition) is 4. The molecule has 2 heterocycles. The van der Waals surface area contributed by atoms with Gasteiger partial charge in [-0.25, -0.2) is 0 Å². The molecule has 1 aliphatic rings. The summed E-state index contributed by atoms with van der Waals surface area (Å²) in [6, 6.07) is 3.56. The number of nitrogens with zero attached hydrogens (tertiary/aromatic N) is 1. The van der Waals surface area contributed by atoms with E-state index < -0.39 is 0 Å². The molecule has 0 aromatic carbocycles. The quantitative estimate of drug-likeness (QED) is 0.710. The van der Waals surface area contributed by atoms with Crippen molar-refractivity contribution in [3.8, 4) is 0 Å². The van der Waals surface area contributed by atoms with Crippen molar-refractivity contribution in [2.24, 2.45) is 0 Å². The fourth-order valence-corrected chi connectivity index (χ4v) is 1.64. The Kier molecular flexibility index (Phi) is 2.55. The van der Waals surface area contributed by atoms with Crippen molar-refractivity contribution in [1.29, 1.82) is 0 Å². The van der Waals surface area contributed by atoms with E-state index in [1.807, 2.05) is 13.0 Å². The Morgan fingerprint density at radius 1 is 1.40 bits per heavy atom. The molecule has 0 spiro atoms. The molecule has 0 bridgehead atoms. The van der Waals surface area contributed by atoms with Crippen molar-refractivity contribution < 1.29 is 14.0 Å². The largest absolute Gasteiger partial charge is 0.468 e. The average molecular weight is 208 g/mol. The first-order chi connectivity index (χ1) is 7.16. The van der Waals surface area contributed by atoms with Gasteiger partial charge in [-0.1, -0.05) is 0 Å². The smallest absolute Gasteiger partial charge is 0.240 e. The van der Waals surface area contributed by atoms with Crippen molar-refractivity contribution >= 4 is 11.8 Å². The summed E-state index contributed by atoms with van der Waals surface area (Å²) < 4.78 is 5.23. The van der Waals surface area contributed by atoms with Gasteiger partial charge in [0.2, 0.25) is 11.8 Å². The highest BCUT2D eigenvalue weighted by Crippen LogP contribution is 2.20. The van der Waals surface area contributed by atoms with Crippen LogP contribution < -0.4 is 5.32 Å². The number of imide groups is 1. The van der Waals surface area contributed by atoms with E-state index in [0.717, 1.165) is 5.76 Å². The van der Waals surface area contributed by atoms with Crippen LogP contribution in [0, 0.1) is 0 Å². The van der Waals surface area contributed by atoms with Gasteiger partial charge in [0.15, 0.2) is 0 Å². The second kappa shape index (κ2) is 3.86. The molecular formula is C10H12N2O3. The van der Waals surface area contributed by atoms with Gasteiger partial charge < -0.3 is 4.42 Å². The van der Waals surface area contributed by atoms with Crippen LogP contribution in [0.5, 0.6) is 0 Å². The Bertz CT molecular complexity index is 356. The number of carbonyl (C=O) groups is 2. The Hall–Kier alpha value is -1.62. The summed E-state index contributed by atoms with van der Waals surface area (Å²) in [6.07, 6.45) is 1.58. The van der Waals surface area contributed by atoms with E-state index >= 15 is 0 Å². The number of piperazine rings is 1. The minimum absolute atomic E-state index is 0.0602. The Balaban J connectivity index is 2.10. The highest BCUT2D eigenvalue weighted by molar-refractivity contribution is 5.99. The third-order valence-corrected chi connectivity index (χ3v) is 2.47. The Morgan fingerprint density at radius 3 is 2.60 bits per heavy atom. The van der Waals surface area contributed by atoms with Gasteiger partial charge in [0, 0.05) is 0 Å². The van der Waals surface area contributed by atoms with E-state index in [1.165, 1.54) is 0 Å². The minimum Gasteiger partial charge on any atom is -0.468 e. The van der Waals surface area contributed by atoms with Crippen molar-refractivity contribution in [2.45, 2.75) is 13.0 Å². The molecule has 2 amide bonds. The van der Waals surface area contributed by atoms with Gasteiger partial charge in [-0.3, -0.25) is 19.8 Å². The fraction of sp³-hybridized carbons (Fsp3) is 0.400. The van der Waals surface area contributed by atoms with Gasteiger partial charge >= 0.3 is 0 Å². The second-order valence-corrected chi connectivity index (χ2v) is 3.57. The molecule has 0 saturated carbocycles. The zero-order valence-corrected chi connectivity index (χ0v) is 8.40. The van der Waals surface area contributed by atoms with E-state index in [9.17, 15) is 9.59 Å². The Labute approximate surface area is 87.0 Å². The van der Waals surface area contributed by atoms with E-state index in [-0.39, 0.29) is 30.9 Å². The molecule has 1 aliphatic heterocycles. The van der Waals surface area contributed by atoms with Crippen molar-refractivity contribution in [3.63, 3.8) is 0 Å². The zero-order chi connectivity index (χ0) is 10.8. The first-order valence-corrected chi connectivity index (χ1v) is 4.77. The number of carbonyl (C=O) groups excluding carboxylic acids is 2. The molecule has 1 unspecified atom stereocenters. The van der Waals surface area contributed by atoms with Crippen LogP contribution >= 0.6 is 0 Å². The first-order valence-electron chi connectivity index (χ1n) is 4.77. The van der Waals surface area contributed by atoms with Crippen molar-refractivity contribution in [1.82, 2.24) is 10.2 Å². The lowest BCUT2D eigenvalue weighted by Gasteiger charge is -2.29. The molecule has 0 radical (unpaired) electrons. The topological polar surface area (TPSA) is 62.6 Å². The van der Waals surface area contributed by atoms with E-state index in [0.29, 0.717) is 0 Å². The highest BCUT2D eigenvalue weighted by atomic mass is 16.3. The average Bonchev–Trinajstić information content (AvgIpc) is 2.67. The zero-order valence-electron chi connectivity index (χ0n) is 8.40. The lowest BCUT2D eigenvalue weighted by Crippen LogP contribution is -2.51. The molecule has 1 N–H and O–H groups in total. The molecule has 5 nitrogen and oxygen atoms in total. The fourth-order valence-electron chi connectivity index (χ4n) is 1.64. The number of hydrogen-bond donors (Lipinski definition) is 1. The van der Waals surface area contributed by atoms with Gasteiger partial charge in [-0.2, -0.15) is 0 Å². The molecule has 1 aromatic heterocycles. The summed E-state index contributed by atoms with van der Waals surface area (Å²) in [5.74, 6) is 0.242. The summed E-state index contributed by atoms with van der Waals surface area (Å²) in [6.45, 7) is 2.37.